The Labute approximate surface area is 156 Å². The van der Waals surface area contributed by atoms with Crippen LogP contribution in [-0.4, -0.2) is 43.9 Å². The van der Waals surface area contributed by atoms with Crippen LogP contribution in [-0.2, 0) is 21.4 Å². The summed E-state index contributed by atoms with van der Waals surface area (Å²) < 4.78 is 6.76. The zero-order valence-corrected chi connectivity index (χ0v) is 15.9. The van der Waals surface area contributed by atoms with Crippen LogP contribution in [0.2, 0.25) is 0 Å². The van der Waals surface area contributed by atoms with Crippen LogP contribution in [0.3, 0.4) is 0 Å². The number of aryl methyl sites for hydroxylation is 1. The Morgan fingerprint density at radius 1 is 1.27 bits per heavy atom. The average molecular weight is 377 g/mol. The molecule has 1 N–H and O–H groups in total. The summed E-state index contributed by atoms with van der Waals surface area (Å²) in [6.45, 7) is 3.60. The van der Waals surface area contributed by atoms with Gasteiger partial charge in [0, 0.05) is 19.2 Å². The van der Waals surface area contributed by atoms with Crippen LogP contribution < -0.4 is 5.32 Å². The molecule has 1 amide bonds. The number of nitrogens with one attached hydrogen (secondary N) is 1. The Balaban J connectivity index is 1.91. The molecular weight excluding hydrogens is 354 g/mol. The van der Waals surface area contributed by atoms with Gasteiger partial charge in [-0.25, -0.2) is 4.68 Å². The lowest BCUT2D eigenvalue weighted by Gasteiger charge is -2.19. The quantitative estimate of drug-likeness (QED) is 0.526. The predicted octanol–water partition coefficient (Wildman–Crippen LogP) is 1.89. The number of carbonyl (C=O) groups is 2. The van der Waals surface area contributed by atoms with E-state index in [1.807, 2.05) is 30.3 Å². The second kappa shape index (κ2) is 9.91. The molecule has 0 aliphatic carbocycles. The number of carbonyl (C=O) groups excluding carboxylic acids is 2. The van der Waals surface area contributed by atoms with Crippen LogP contribution in [0.4, 0.5) is 0 Å². The van der Waals surface area contributed by atoms with E-state index in [1.165, 1.54) is 11.8 Å². The second-order valence-electron chi connectivity index (χ2n) is 5.96. The fourth-order valence-electron chi connectivity index (χ4n) is 2.26. The number of nitrogens with zero attached hydrogens (tertiary/aromatic N) is 4. The fourth-order valence-corrected chi connectivity index (χ4v) is 3.05. The number of tetrazole rings is 1. The van der Waals surface area contributed by atoms with Crippen molar-refractivity contribution in [1.29, 1.82) is 0 Å². The van der Waals surface area contributed by atoms with Gasteiger partial charge in [-0.15, -0.1) is 5.10 Å². The Bertz CT molecular complexity index is 720. The SMILES string of the molecule is CC(C)OC(=O)CC(NC(=O)CCSc1nnnn1C)c1ccccc1. The van der Waals surface area contributed by atoms with Gasteiger partial charge in [0.15, 0.2) is 0 Å². The highest BCUT2D eigenvalue weighted by Gasteiger charge is 2.20. The molecule has 0 radical (unpaired) electrons. The maximum atomic E-state index is 12.3. The van der Waals surface area contributed by atoms with Crippen molar-refractivity contribution in [3.8, 4) is 0 Å². The molecule has 2 rings (SSSR count). The van der Waals surface area contributed by atoms with E-state index in [1.54, 1.807) is 25.6 Å². The minimum Gasteiger partial charge on any atom is -0.463 e. The number of esters is 1. The molecule has 0 fully saturated rings. The zero-order chi connectivity index (χ0) is 18.9. The van der Waals surface area contributed by atoms with Crippen molar-refractivity contribution in [2.75, 3.05) is 5.75 Å². The number of amides is 1. The molecule has 1 unspecified atom stereocenters. The normalized spacial score (nSPS) is 12.0. The molecule has 0 aliphatic rings. The van der Waals surface area contributed by atoms with E-state index >= 15 is 0 Å². The van der Waals surface area contributed by atoms with Crippen LogP contribution >= 0.6 is 11.8 Å². The first-order valence-electron chi connectivity index (χ1n) is 8.34. The molecule has 9 heteroatoms. The van der Waals surface area contributed by atoms with Gasteiger partial charge in [-0.2, -0.15) is 0 Å². The monoisotopic (exact) mass is 377 g/mol. The van der Waals surface area contributed by atoms with Gasteiger partial charge < -0.3 is 10.1 Å². The number of hydrogen-bond acceptors (Lipinski definition) is 7. The second-order valence-corrected chi connectivity index (χ2v) is 7.02. The van der Waals surface area contributed by atoms with Crippen molar-refractivity contribution in [1.82, 2.24) is 25.5 Å². The maximum absolute atomic E-state index is 12.3. The lowest BCUT2D eigenvalue weighted by Crippen LogP contribution is -2.31. The van der Waals surface area contributed by atoms with Gasteiger partial charge in [0.25, 0.3) is 0 Å². The Morgan fingerprint density at radius 3 is 2.62 bits per heavy atom. The molecule has 0 saturated carbocycles. The van der Waals surface area contributed by atoms with E-state index in [0.717, 1.165) is 5.56 Å². The molecule has 140 valence electrons. The molecular formula is C17H23N5O3S. The summed E-state index contributed by atoms with van der Waals surface area (Å²) >= 11 is 1.40. The highest BCUT2D eigenvalue weighted by molar-refractivity contribution is 7.99. The lowest BCUT2D eigenvalue weighted by molar-refractivity contribution is -0.148. The van der Waals surface area contributed by atoms with Gasteiger partial charge in [-0.3, -0.25) is 9.59 Å². The molecule has 1 heterocycles. The van der Waals surface area contributed by atoms with Crippen molar-refractivity contribution < 1.29 is 14.3 Å². The van der Waals surface area contributed by atoms with Crippen LogP contribution in [0.15, 0.2) is 35.5 Å². The van der Waals surface area contributed by atoms with Gasteiger partial charge in [-0.1, -0.05) is 42.1 Å². The Morgan fingerprint density at radius 2 is 2.00 bits per heavy atom. The van der Waals surface area contributed by atoms with Crippen molar-refractivity contribution in [3.63, 3.8) is 0 Å². The molecule has 2 aromatic rings. The van der Waals surface area contributed by atoms with Crippen molar-refractivity contribution >= 4 is 23.6 Å². The summed E-state index contributed by atoms with van der Waals surface area (Å²) in [5.41, 5.74) is 0.867. The number of ether oxygens (including phenoxy) is 1. The fraction of sp³-hybridized carbons (Fsp3) is 0.471. The third-order valence-electron chi connectivity index (χ3n) is 3.42. The van der Waals surface area contributed by atoms with Gasteiger partial charge in [-0.05, 0) is 29.8 Å². The van der Waals surface area contributed by atoms with E-state index in [-0.39, 0.29) is 24.4 Å². The average Bonchev–Trinajstić information content (AvgIpc) is 2.99. The first-order valence-corrected chi connectivity index (χ1v) is 9.33. The predicted molar refractivity (Wildman–Crippen MR) is 97.3 cm³/mol. The van der Waals surface area contributed by atoms with Gasteiger partial charge >= 0.3 is 5.97 Å². The lowest BCUT2D eigenvalue weighted by atomic mass is 10.0. The van der Waals surface area contributed by atoms with Gasteiger partial charge in [0.05, 0.1) is 18.6 Å². The minimum atomic E-state index is -0.420. The smallest absolute Gasteiger partial charge is 0.308 e. The summed E-state index contributed by atoms with van der Waals surface area (Å²) in [4.78, 5) is 24.3. The number of thioether (sulfide) groups is 1. The summed E-state index contributed by atoms with van der Waals surface area (Å²) in [6, 6.07) is 8.98. The summed E-state index contributed by atoms with van der Waals surface area (Å²) in [5, 5.41) is 14.7. The number of aromatic nitrogens is 4. The highest BCUT2D eigenvalue weighted by atomic mass is 32.2. The zero-order valence-electron chi connectivity index (χ0n) is 15.1. The van der Waals surface area contributed by atoms with E-state index in [2.05, 4.69) is 20.8 Å². The molecule has 26 heavy (non-hydrogen) atoms. The van der Waals surface area contributed by atoms with E-state index < -0.39 is 6.04 Å². The van der Waals surface area contributed by atoms with E-state index in [9.17, 15) is 9.59 Å². The molecule has 0 saturated heterocycles. The van der Waals surface area contributed by atoms with Crippen LogP contribution in [0.5, 0.6) is 0 Å². The molecule has 0 spiro atoms. The molecule has 0 aliphatic heterocycles. The van der Waals surface area contributed by atoms with Crippen LogP contribution in [0, 0.1) is 0 Å². The topological polar surface area (TPSA) is 99.0 Å². The molecule has 1 aromatic carbocycles. The first kappa shape index (κ1) is 19.9. The van der Waals surface area contributed by atoms with Crippen molar-refractivity contribution in [2.45, 2.75) is 44.0 Å². The maximum Gasteiger partial charge on any atom is 0.308 e. The van der Waals surface area contributed by atoms with Gasteiger partial charge in [0.1, 0.15) is 0 Å². The van der Waals surface area contributed by atoms with Gasteiger partial charge in [0.2, 0.25) is 11.1 Å². The molecule has 8 nitrogen and oxygen atoms in total. The molecule has 0 bridgehead atoms. The summed E-state index contributed by atoms with van der Waals surface area (Å²) in [7, 11) is 1.74. The minimum absolute atomic E-state index is 0.0915. The number of benzene rings is 1. The van der Waals surface area contributed by atoms with E-state index in [0.29, 0.717) is 17.3 Å². The van der Waals surface area contributed by atoms with Crippen LogP contribution in [0.25, 0.3) is 0 Å². The van der Waals surface area contributed by atoms with Crippen molar-refractivity contribution in [2.24, 2.45) is 7.05 Å². The van der Waals surface area contributed by atoms with Crippen molar-refractivity contribution in [3.05, 3.63) is 35.9 Å². The largest absolute Gasteiger partial charge is 0.463 e. The molecule has 1 atom stereocenters. The first-order chi connectivity index (χ1) is 12.5. The number of rotatable bonds is 9. The third kappa shape index (κ3) is 6.47. The van der Waals surface area contributed by atoms with Crippen LogP contribution in [0.1, 0.15) is 38.3 Å². The summed E-state index contributed by atoms with van der Waals surface area (Å²) in [6.07, 6.45) is 0.194. The third-order valence-corrected chi connectivity index (χ3v) is 4.43. The highest BCUT2D eigenvalue weighted by Crippen LogP contribution is 2.19. The van der Waals surface area contributed by atoms with E-state index in [4.69, 9.17) is 4.74 Å². The Hall–Kier alpha value is -2.42. The standard InChI is InChI=1S/C17H23N5O3S/c1-12(2)25-16(24)11-14(13-7-5-4-6-8-13)18-15(23)9-10-26-17-19-20-21-22(17)3/h4-8,12,14H,9-11H2,1-3H3,(H,18,23). The summed E-state index contributed by atoms with van der Waals surface area (Å²) in [5.74, 6) is 0.0605. The molecule has 1 aromatic heterocycles. The number of hydrogen-bond donors (Lipinski definition) is 1. The Kier molecular flexibility index (Phi) is 7.58.